The van der Waals surface area contributed by atoms with Gasteiger partial charge in [0.1, 0.15) is 5.82 Å². The lowest BCUT2D eigenvalue weighted by Crippen LogP contribution is -2.14. The Kier molecular flexibility index (Phi) is 4.50. The van der Waals surface area contributed by atoms with Crippen molar-refractivity contribution in [3.8, 4) is 5.95 Å². The van der Waals surface area contributed by atoms with Crippen molar-refractivity contribution in [3.05, 3.63) is 63.9 Å². The van der Waals surface area contributed by atoms with Crippen molar-refractivity contribution in [1.29, 1.82) is 0 Å². The number of nitrogens with one attached hydrogen (secondary N) is 1. The summed E-state index contributed by atoms with van der Waals surface area (Å²) in [7, 11) is 0. The van der Waals surface area contributed by atoms with Crippen LogP contribution in [0.2, 0.25) is 5.02 Å². The summed E-state index contributed by atoms with van der Waals surface area (Å²) in [6.45, 7) is 5.83. The monoisotopic (exact) mass is 359 g/mol. The van der Waals surface area contributed by atoms with Crippen LogP contribution in [0.5, 0.6) is 0 Å². The van der Waals surface area contributed by atoms with Gasteiger partial charge in [-0.25, -0.2) is 19.0 Å². The Morgan fingerprint density at radius 2 is 1.88 bits per heavy atom. The summed E-state index contributed by atoms with van der Waals surface area (Å²) in [5.41, 5.74) is 3.50. The Hall–Kier alpha value is -2.80. The van der Waals surface area contributed by atoms with Crippen molar-refractivity contribution in [3.63, 3.8) is 0 Å². The first kappa shape index (κ1) is 17.0. The van der Waals surface area contributed by atoms with Crippen LogP contribution in [0.3, 0.4) is 0 Å². The number of carbonyl (C=O) groups excluding carboxylic acids is 1. The highest BCUT2D eigenvalue weighted by molar-refractivity contribution is 6.34. The van der Waals surface area contributed by atoms with Crippen molar-refractivity contribution in [2.75, 3.05) is 5.32 Å². The Morgan fingerprint density at radius 3 is 2.44 bits per heavy atom. The molecule has 25 heavy (non-hydrogen) atoms. The van der Waals surface area contributed by atoms with Gasteiger partial charge in [-0.3, -0.25) is 4.79 Å². The number of aryl methyl sites for hydroxylation is 1. The molecule has 8 heteroatoms. The molecular weight excluding hydrogens is 345 g/mol. The highest BCUT2D eigenvalue weighted by Crippen LogP contribution is 2.19. The minimum absolute atomic E-state index is 0.0353. The first-order chi connectivity index (χ1) is 11.9. The minimum Gasteiger partial charge on any atom is -0.319 e. The molecule has 0 bridgehead atoms. The van der Waals surface area contributed by atoms with Crippen LogP contribution in [0.15, 0.2) is 30.6 Å². The molecule has 0 fully saturated rings. The van der Waals surface area contributed by atoms with Crippen LogP contribution in [0.25, 0.3) is 5.95 Å². The van der Waals surface area contributed by atoms with Gasteiger partial charge >= 0.3 is 0 Å². The van der Waals surface area contributed by atoms with Crippen LogP contribution in [-0.4, -0.2) is 25.7 Å². The van der Waals surface area contributed by atoms with Crippen LogP contribution in [0, 0.1) is 26.6 Å². The maximum absolute atomic E-state index is 13.1. The third-order valence-corrected chi connectivity index (χ3v) is 4.23. The summed E-state index contributed by atoms with van der Waals surface area (Å²) in [4.78, 5) is 20.7. The standard InChI is InChI=1S/C17H15ClFN5O/c1-9-10(2)23-24(11(9)3)17-20-7-13(8-21-17)22-16(25)14-5-4-12(19)6-15(14)18/h4-8H,1-3H3,(H,22,25). The molecule has 1 amide bonds. The number of halogens is 2. The molecule has 1 N–H and O–H groups in total. The molecule has 0 aliphatic heterocycles. The first-order valence-corrected chi connectivity index (χ1v) is 7.86. The van der Waals surface area contributed by atoms with Crippen LogP contribution in [0.1, 0.15) is 27.3 Å². The largest absolute Gasteiger partial charge is 0.319 e. The molecule has 2 heterocycles. The second kappa shape index (κ2) is 6.60. The molecule has 0 saturated carbocycles. The third-order valence-electron chi connectivity index (χ3n) is 3.91. The number of hydrogen-bond acceptors (Lipinski definition) is 4. The van der Waals surface area contributed by atoms with E-state index in [0.717, 1.165) is 23.0 Å². The smallest absolute Gasteiger partial charge is 0.257 e. The molecule has 0 unspecified atom stereocenters. The zero-order valence-corrected chi connectivity index (χ0v) is 14.6. The quantitative estimate of drug-likeness (QED) is 0.775. The van der Waals surface area contributed by atoms with Gasteiger partial charge in [0.25, 0.3) is 11.9 Å². The maximum Gasteiger partial charge on any atom is 0.257 e. The zero-order valence-electron chi connectivity index (χ0n) is 13.8. The lowest BCUT2D eigenvalue weighted by molar-refractivity contribution is 0.102. The molecule has 0 aliphatic carbocycles. The van der Waals surface area contributed by atoms with E-state index in [0.29, 0.717) is 11.6 Å². The van der Waals surface area contributed by atoms with E-state index < -0.39 is 11.7 Å². The molecule has 0 atom stereocenters. The molecular formula is C17H15ClFN5O. The van der Waals surface area contributed by atoms with Gasteiger partial charge < -0.3 is 5.32 Å². The van der Waals surface area contributed by atoms with Crippen molar-refractivity contribution in [2.45, 2.75) is 20.8 Å². The molecule has 3 rings (SSSR count). The summed E-state index contributed by atoms with van der Waals surface area (Å²) in [5.74, 6) is -0.566. The number of rotatable bonds is 3. The molecule has 3 aromatic rings. The summed E-state index contributed by atoms with van der Waals surface area (Å²) in [6.07, 6.45) is 2.95. The van der Waals surface area contributed by atoms with Crippen molar-refractivity contribution >= 4 is 23.2 Å². The highest BCUT2D eigenvalue weighted by Gasteiger charge is 2.13. The number of anilines is 1. The van der Waals surface area contributed by atoms with E-state index in [2.05, 4.69) is 20.4 Å². The second-order valence-electron chi connectivity index (χ2n) is 5.56. The average Bonchev–Trinajstić information content (AvgIpc) is 2.83. The van der Waals surface area contributed by atoms with E-state index in [4.69, 9.17) is 11.6 Å². The highest BCUT2D eigenvalue weighted by atomic mass is 35.5. The lowest BCUT2D eigenvalue weighted by atomic mass is 10.2. The first-order valence-electron chi connectivity index (χ1n) is 7.48. The maximum atomic E-state index is 13.1. The molecule has 6 nitrogen and oxygen atoms in total. The molecule has 1 aromatic carbocycles. The van der Waals surface area contributed by atoms with E-state index in [-0.39, 0.29) is 10.6 Å². The topological polar surface area (TPSA) is 72.7 Å². The summed E-state index contributed by atoms with van der Waals surface area (Å²) in [6, 6.07) is 3.58. The zero-order chi connectivity index (χ0) is 18.1. The third kappa shape index (κ3) is 3.36. The van der Waals surface area contributed by atoms with Crippen LogP contribution >= 0.6 is 11.6 Å². The number of amides is 1. The average molecular weight is 360 g/mol. The van der Waals surface area contributed by atoms with Crippen LogP contribution < -0.4 is 5.32 Å². The van der Waals surface area contributed by atoms with E-state index in [1.807, 2.05) is 20.8 Å². The number of hydrogen-bond donors (Lipinski definition) is 1. The van der Waals surface area contributed by atoms with E-state index in [1.165, 1.54) is 24.5 Å². The summed E-state index contributed by atoms with van der Waals surface area (Å²) in [5, 5.41) is 7.05. The predicted molar refractivity (Wildman–Crippen MR) is 92.7 cm³/mol. The molecule has 0 aliphatic rings. The van der Waals surface area contributed by atoms with Crippen LogP contribution in [0.4, 0.5) is 10.1 Å². The Labute approximate surface area is 148 Å². The van der Waals surface area contributed by atoms with Crippen molar-refractivity contribution in [1.82, 2.24) is 19.7 Å². The Bertz CT molecular complexity index is 952. The molecule has 0 radical (unpaired) electrons. The van der Waals surface area contributed by atoms with E-state index >= 15 is 0 Å². The lowest BCUT2D eigenvalue weighted by Gasteiger charge is -2.07. The fourth-order valence-corrected chi connectivity index (χ4v) is 2.54. The van der Waals surface area contributed by atoms with Crippen molar-refractivity contribution < 1.29 is 9.18 Å². The van der Waals surface area contributed by atoms with Gasteiger partial charge in [0.05, 0.1) is 34.4 Å². The van der Waals surface area contributed by atoms with Gasteiger partial charge in [0, 0.05) is 5.69 Å². The van der Waals surface area contributed by atoms with E-state index in [1.54, 1.807) is 4.68 Å². The Morgan fingerprint density at radius 1 is 1.20 bits per heavy atom. The normalized spacial score (nSPS) is 10.8. The summed E-state index contributed by atoms with van der Waals surface area (Å²) < 4.78 is 14.7. The van der Waals surface area contributed by atoms with Crippen LogP contribution in [-0.2, 0) is 0 Å². The van der Waals surface area contributed by atoms with Gasteiger partial charge in [-0.1, -0.05) is 11.6 Å². The molecule has 0 saturated heterocycles. The van der Waals surface area contributed by atoms with Gasteiger partial charge in [0.2, 0.25) is 0 Å². The second-order valence-corrected chi connectivity index (χ2v) is 5.96. The van der Waals surface area contributed by atoms with Crippen molar-refractivity contribution in [2.24, 2.45) is 0 Å². The SMILES string of the molecule is Cc1nn(-c2ncc(NC(=O)c3ccc(F)cc3Cl)cn2)c(C)c1C. The van der Waals surface area contributed by atoms with Gasteiger partial charge in [-0.05, 0) is 44.5 Å². The molecule has 128 valence electrons. The fraction of sp³-hybridized carbons (Fsp3) is 0.176. The molecule has 0 spiro atoms. The molecule has 2 aromatic heterocycles. The van der Waals surface area contributed by atoms with Gasteiger partial charge in [-0.15, -0.1) is 0 Å². The number of nitrogens with zero attached hydrogens (tertiary/aromatic N) is 4. The van der Waals surface area contributed by atoms with Gasteiger partial charge in [-0.2, -0.15) is 5.10 Å². The Balaban J connectivity index is 1.81. The summed E-state index contributed by atoms with van der Waals surface area (Å²) >= 11 is 5.89. The van der Waals surface area contributed by atoms with Gasteiger partial charge in [0.15, 0.2) is 0 Å². The minimum atomic E-state index is -0.505. The fourth-order valence-electron chi connectivity index (χ4n) is 2.28. The number of aromatic nitrogens is 4. The number of carbonyl (C=O) groups is 1. The number of benzene rings is 1. The predicted octanol–water partition coefficient (Wildman–Crippen LogP) is 3.63. The van der Waals surface area contributed by atoms with E-state index in [9.17, 15) is 9.18 Å².